The average molecular weight is 622 g/mol. The molecule has 0 saturated carbocycles. The number of fused-ring (bicyclic) bond motifs is 1. The number of anilines is 2. The van der Waals surface area contributed by atoms with Crippen LogP contribution in [0.5, 0.6) is 0 Å². The van der Waals surface area contributed by atoms with Gasteiger partial charge in [-0.25, -0.2) is 8.42 Å². The number of sulfonamides is 1. The maximum Gasteiger partial charge on any atom is 0.264 e. The van der Waals surface area contributed by atoms with Gasteiger partial charge < -0.3 is 14.2 Å². The van der Waals surface area contributed by atoms with Gasteiger partial charge in [-0.15, -0.1) is 0 Å². The highest BCUT2D eigenvalue weighted by molar-refractivity contribution is 7.92. The molecule has 5 aromatic rings. The normalized spacial score (nSPS) is 13.6. The Morgan fingerprint density at radius 2 is 1.49 bits per heavy atom. The molecule has 0 bridgehead atoms. The number of benzene rings is 4. The zero-order chi connectivity index (χ0) is 31.6. The minimum atomic E-state index is -3.97. The Kier molecular flexibility index (Phi) is 8.45. The number of piperazine rings is 1. The highest BCUT2D eigenvalue weighted by atomic mass is 32.2. The SMILES string of the molecule is CC(=O)c1ccc(C(=O)N2CCN(c3ccccc3N(CCc3ccccc3)S(=O)(=O)c3ccc4occ(C)c4c3)CC2)cc1. The fourth-order valence-corrected chi connectivity index (χ4v) is 7.30. The number of amides is 1. The number of ketones is 1. The maximum atomic E-state index is 14.4. The van der Waals surface area contributed by atoms with Gasteiger partial charge in [-0.1, -0.05) is 54.6 Å². The van der Waals surface area contributed by atoms with Crippen molar-refractivity contribution in [1.29, 1.82) is 0 Å². The molecule has 1 aliphatic rings. The lowest BCUT2D eigenvalue weighted by Crippen LogP contribution is -2.49. The van der Waals surface area contributed by atoms with E-state index < -0.39 is 10.0 Å². The van der Waals surface area contributed by atoms with Gasteiger partial charge in [0.05, 0.1) is 22.5 Å². The Bertz CT molecular complexity index is 1940. The minimum absolute atomic E-state index is 0.0433. The first kappa shape index (κ1) is 30.1. The molecule has 1 amide bonds. The summed E-state index contributed by atoms with van der Waals surface area (Å²) in [6, 6.07) is 29.2. The van der Waals surface area contributed by atoms with Crippen molar-refractivity contribution in [2.75, 3.05) is 41.9 Å². The van der Waals surface area contributed by atoms with Gasteiger partial charge in [0.1, 0.15) is 5.58 Å². The summed E-state index contributed by atoms with van der Waals surface area (Å²) in [5.41, 5.74) is 5.06. The first-order valence-corrected chi connectivity index (χ1v) is 16.4. The highest BCUT2D eigenvalue weighted by Crippen LogP contribution is 2.35. The second-order valence-electron chi connectivity index (χ2n) is 11.3. The van der Waals surface area contributed by atoms with E-state index in [9.17, 15) is 18.0 Å². The van der Waals surface area contributed by atoms with Crippen molar-refractivity contribution in [1.82, 2.24) is 4.90 Å². The predicted octanol–water partition coefficient (Wildman–Crippen LogP) is 6.34. The molecule has 1 aliphatic heterocycles. The Balaban J connectivity index is 1.28. The molecular weight excluding hydrogens is 586 g/mol. The lowest BCUT2D eigenvalue weighted by Gasteiger charge is -2.38. The topological polar surface area (TPSA) is 91.1 Å². The third kappa shape index (κ3) is 6.21. The van der Waals surface area contributed by atoms with Crippen LogP contribution in [0.4, 0.5) is 11.4 Å². The van der Waals surface area contributed by atoms with Gasteiger partial charge >= 0.3 is 0 Å². The third-order valence-electron chi connectivity index (χ3n) is 8.37. The molecule has 0 spiro atoms. The van der Waals surface area contributed by atoms with Gasteiger partial charge in [0.25, 0.3) is 15.9 Å². The number of rotatable bonds is 9. The molecule has 0 atom stereocenters. The summed E-state index contributed by atoms with van der Waals surface area (Å²) in [7, 11) is -3.97. The van der Waals surface area contributed by atoms with Gasteiger partial charge in [0.15, 0.2) is 5.78 Å². The summed E-state index contributed by atoms with van der Waals surface area (Å²) < 4.78 is 36.0. The third-order valence-corrected chi connectivity index (χ3v) is 10.2. The van der Waals surface area contributed by atoms with E-state index in [4.69, 9.17) is 4.42 Å². The zero-order valence-corrected chi connectivity index (χ0v) is 26.2. The number of furan rings is 1. The summed E-state index contributed by atoms with van der Waals surface area (Å²) in [6.45, 7) is 5.70. The minimum Gasteiger partial charge on any atom is -0.464 e. The summed E-state index contributed by atoms with van der Waals surface area (Å²) in [6.07, 6.45) is 2.17. The van der Waals surface area contributed by atoms with E-state index in [2.05, 4.69) is 4.90 Å². The molecule has 2 heterocycles. The molecule has 9 heteroatoms. The predicted molar refractivity (Wildman–Crippen MR) is 177 cm³/mol. The summed E-state index contributed by atoms with van der Waals surface area (Å²) in [5, 5.41) is 0.768. The van der Waals surface area contributed by atoms with E-state index in [-0.39, 0.29) is 23.1 Å². The van der Waals surface area contributed by atoms with Crippen LogP contribution < -0.4 is 9.21 Å². The molecule has 0 radical (unpaired) electrons. The molecule has 1 saturated heterocycles. The summed E-state index contributed by atoms with van der Waals surface area (Å²) in [4.78, 5) is 29.0. The summed E-state index contributed by atoms with van der Waals surface area (Å²) in [5.74, 6) is -0.131. The Labute approximate surface area is 263 Å². The van der Waals surface area contributed by atoms with Crippen molar-refractivity contribution in [3.8, 4) is 0 Å². The van der Waals surface area contributed by atoms with E-state index in [1.807, 2.05) is 61.5 Å². The molecule has 8 nitrogen and oxygen atoms in total. The average Bonchev–Trinajstić information content (AvgIpc) is 3.45. The van der Waals surface area contributed by atoms with Crippen LogP contribution in [0.1, 0.15) is 38.8 Å². The Hall–Kier alpha value is -4.89. The number of hydrogen-bond donors (Lipinski definition) is 0. The van der Waals surface area contributed by atoms with Crippen molar-refractivity contribution < 1.29 is 22.4 Å². The maximum absolute atomic E-state index is 14.4. The first-order chi connectivity index (χ1) is 21.7. The van der Waals surface area contributed by atoms with Crippen molar-refractivity contribution in [2.24, 2.45) is 0 Å². The standard InChI is InChI=1S/C36H35N3O5S/c1-26-25-44-35-17-16-31(24-32(26)35)45(42,43)39(19-18-28-8-4-3-5-9-28)34-11-7-6-10-33(34)37-20-22-38(23-21-37)36(41)30-14-12-29(13-15-30)27(2)40/h3-17,24-25H,18-23H2,1-2H3. The number of hydrogen-bond acceptors (Lipinski definition) is 6. The van der Waals surface area contributed by atoms with Gasteiger partial charge in [-0.3, -0.25) is 13.9 Å². The van der Waals surface area contributed by atoms with Crippen LogP contribution in [-0.4, -0.2) is 57.7 Å². The monoisotopic (exact) mass is 621 g/mol. The number of nitrogens with zero attached hydrogens (tertiary/aromatic N) is 3. The molecule has 4 aromatic carbocycles. The van der Waals surface area contributed by atoms with Crippen LogP contribution in [-0.2, 0) is 16.4 Å². The molecule has 230 valence electrons. The van der Waals surface area contributed by atoms with Crippen molar-refractivity contribution >= 4 is 44.1 Å². The quantitative estimate of drug-likeness (QED) is 0.178. The van der Waals surface area contributed by atoms with E-state index in [1.54, 1.807) is 53.6 Å². The lowest BCUT2D eigenvalue weighted by molar-refractivity contribution is 0.0746. The van der Waals surface area contributed by atoms with E-state index in [0.717, 1.165) is 22.2 Å². The molecule has 0 N–H and O–H groups in total. The van der Waals surface area contributed by atoms with Crippen LogP contribution in [0.25, 0.3) is 11.0 Å². The molecule has 0 aliphatic carbocycles. The molecule has 1 fully saturated rings. The zero-order valence-electron chi connectivity index (χ0n) is 25.3. The van der Waals surface area contributed by atoms with Gasteiger partial charge in [0.2, 0.25) is 0 Å². The largest absolute Gasteiger partial charge is 0.464 e. The van der Waals surface area contributed by atoms with Gasteiger partial charge in [-0.2, -0.15) is 0 Å². The van der Waals surface area contributed by atoms with Crippen LogP contribution in [0.3, 0.4) is 0 Å². The molecule has 45 heavy (non-hydrogen) atoms. The number of aryl methyl sites for hydroxylation is 1. The number of carbonyl (C=O) groups excluding carboxylic acids is 2. The molecular formula is C36H35N3O5S. The second-order valence-corrected chi connectivity index (χ2v) is 13.2. The van der Waals surface area contributed by atoms with Crippen LogP contribution in [0.2, 0.25) is 0 Å². The lowest BCUT2D eigenvalue weighted by atomic mass is 10.1. The Morgan fingerprint density at radius 1 is 0.822 bits per heavy atom. The number of carbonyl (C=O) groups is 2. The van der Waals surface area contributed by atoms with Crippen LogP contribution in [0.15, 0.2) is 113 Å². The van der Waals surface area contributed by atoms with E-state index in [0.29, 0.717) is 55.0 Å². The first-order valence-electron chi connectivity index (χ1n) is 15.0. The number of Topliss-reactive ketones (excluding diaryl/α,β-unsaturated/α-hetero) is 1. The molecule has 6 rings (SSSR count). The fourth-order valence-electron chi connectivity index (χ4n) is 5.79. The van der Waals surface area contributed by atoms with Crippen molar-refractivity contribution in [3.05, 3.63) is 126 Å². The molecule has 1 aromatic heterocycles. The Morgan fingerprint density at radius 3 is 2.20 bits per heavy atom. The highest BCUT2D eigenvalue weighted by Gasteiger charge is 2.30. The summed E-state index contributed by atoms with van der Waals surface area (Å²) >= 11 is 0. The second kappa shape index (κ2) is 12.6. The van der Waals surface area contributed by atoms with Gasteiger partial charge in [0, 0.05) is 49.2 Å². The smallest absolute Gasteiger partial charge is 0.264 e. The van der Waals surface area contributed by atoms with Gasteiger partial charge in [-0.05, 0) is 73.9 Å². The van der Waals surface area contributed by atoms with E-state index in [1.165, 1.54) is 11.2 Å². The van der Waals surface area contributed by atoms with Crippen molar-refractivity contribution in [2.45, 2.75) is 25.2 Å². The van der Waals surface area contributed by atoms with Crippen molar-refractivity contribution in [3.63, 3.8) is 0 Å². The number of para-hydroxylation sites is 2. The fraction of sp³-hybridized carbons (Fsp3) is 0.222. The van der Waals surface area contributed by atoms with Crippen LogP contribution >= 0.6 is 0 Å². The van der Waals surface area contributed by atoms with Crippen LogP contribution in [0, 0.1) is 6.92 Å². The van der Waals surface area contributed by atoms with E-state index >= 15 is 0 Å². The molecule has 0 unspecified atom stereocenters.